The number of nitrogens with zero attached hydrogens (tertiary/aromatic N) is 2. The van der Waals surface area contributed by atoms with Crippen LogP contribution in [0, 0.1) is 5.92 Å². The third-order valence-corrected chi connectivity index (χ3v) is 2.33. The minimum Gasteiger partial charge on any atom is -0.476 e. The van der Waals surface area contributed by atoms with Gasteiger partial charge in [-0.05, 0) is 24.5 Å². The number of hydrogen-bond donors (Lipinski definition) is 2. The zero-order valence-corrected chi connectivity index (χ0v) is 7.77. The molecule has 74 valence electrons. The molecule has 2 atom stereocenters. The first-order chi connectivity index (χ1) is 6.66. The molecule has 1 aliphatic rings. The van der Waals surface area contributed by atoms with E-state index in [4.69, 9.17) is 5.11 Å². The van der Waals surface area contributed by atoms with Crippen LogP contribution in [0.4, 0.5) is 5.82 Å². The summed E-state index contributed by atoms with van der Waals surface area (Å²) >= 11 is 0. The number of carboxylic acid groups (broad SMARTS) is 1. The second kappa shape index (κ2) is 3.25. The first kappa shape index (κ1) is 8.93. The molecule has 1 heterocycles. The van der Waals surface area contributed by atoms with Crippen LogP contribution in [0.1, 0.15) is 23.8 Å². The van der Waals surface area contributed by atoms with Crippen LogP contribution < -0.4 is 5.32 Å². The molecule has 0 bridgehead atoms. The monoisotopic (exact) mass is 193 g/mol. The fraction of sp³-hybridized carbons (Fsp3) is 0.444. The van der Waals surface area contributed by atoms with E-state index in [9.17, 15) is 4.79 Å². The molecule has 2 rings (SSSR count). The van der Waals surface area contributed by atoms with Crippen LogP contribution in [-0.4, -0.2) is 27.3 Å². The van der Waals surface area contributed by atoms with Crippen LogP contribution in [0.3, 0.4) is 0 Å². The van der Waals surface area contributed by atoms with Gasteiger partial charge in [-0.15, -0.1) is 10.2 Å². The summed E-state index contributed by atoms with van der Waals surface area (Å²) in [5, 5.41) is 19.1. The third kappa shape index (κ3) is 1.81. The maximum Gasteiger partial charge on any atom is 0.356 e. The Morgan fingerprint density at radius 3 is 2.71 bits per heavy atom. The van der Waals surface area contributed by atoms with Gasteiger partial charge in [0, 0.05) is 6.04 Å². The summed E-state index contributed by atoms with van der Waals surface area (Å²) in [5.41, 5.74) is -0.0283. The lowest BCUT2D eigenvalue weighted by atomic mass is 10.4. The molecule has 0 aromatic carbocycles. The molecule has 5 heteroatoms. The lowest BCUT2D eigenvalue weighted by molar-refractivity contribution is 0.0689. The fourth-order valence-electron chi connectivity index (χ4n) is 1.24. The van der Waals surface area contributed by atoms with Crippen molar-refractivity contribution in [3.05, 3.63) is 17.8 Å². The Bertz CT molecular complexity index is 350. The molecule has 5 nitrogen and oxygen atoms in total. The minimum atomic E-state index is -1.05. The second-order valence-corrected chi connectivity index (χ2v) is 3.57. The quantitative estimate of drug-likeness (QED) is 0.748. The normalized spacial score (nSPS) is 24.4. The summed E-state index contributed by atoms with van der Waals surface area (Å²) in [7, 11) is 0. The third-order valence-electron chi connectivity index (χ3n) is 2.33. The molecule has 0 radical (unpaired) electrons. The van der Waals surface area contributed by atoms with Crippen molar-refractivity contribution in [1.29, 1.82) is 0 Å². The molecule has 14 heavy (non-hydrogen) atoms. The summed E-state index contributed by atoms with van der Waals surface area (Å²) in [5.74, 6) is 0.268. The Morgan fingerprint density at radius 1 is 1.57 bits per heavy atom. The number of rotatable bonds is 3. The molecule has 1 fully saturated rings. The van der Waals surface area contributed by atoms with E-state index in [0.717, 1.165) is 6.42 Å². The van der Waals surface area contributed by atoms with Gasteiger partial charge in [0.05, 0.1) is 0 Å². The van der Waals surface area contributed by atoms with E-state index >= 15 is 0 Å². The van der Waals surface area contributed by atoms with E-state index in [-0.39, 0.29) is 5.69 Å². The molecule has 0 saturated heterocycles. The van der Waals surface area contributed by atoms with Gasteiger partial charge in [0.15, 0.2) is 5.69 Å². The molecule has 2 N–H and O–H groups in total. The average Bonchev–Trinajstić information content (AvgIpc) is 2.82. The number of carbonyl (C=O) groups is 1. The molecule has 0 amide bonds. The summed E-state index contributed by atoms with van der Waals surface area (Å²) in [4.78, 5) is 10.5. The standard InChI is InChI=1S/C9H11N3O2/c1-5-4-7(5)10-8-3-2-6(9(13)14)11-12-8/h2-3,5,7H,4H2,1H3,(H,10,12)(H,13,14). The zero-order valence-electron chi connectivity index (χ0n) is 7.77. The van der Waals surface area contributed by atoms with Crippen LogP contribution in [0.25, 0.3) is 0 Å². The van der Waals surface area contributed by atoms with Crippen molar-refractivity contribution in [2.24, 2.45) is 5.92 Å². The van der Waals surface area contributed by atoms with Gasteiger partial charge in [-0.25, -0.2) is 4.79 Å². The molecular formula is C9H11N3O2. The van der Waals surface area contributed by atoms with Crippen LogP contribution in [0.2, 0.25) is 0 Å². The van der Waals surface area contributed by atoms with E-state index in [1.807, 2.05) is 0 Å². The van der Waals surface area contributed by atoms with Gasteiger partial charge < -0.3 is 10.4 Å². The van der Waals surface area contributed by atoms with Gasteiger partial charge in [0.1, 0.15) is 5.82 Å². The molecule has 0 spiro atoms. The van der Waals surface area contributed by atoms with Gasteiger partial charge in [-0.2, -0.15) is 0 Å². The maximum atomic E-state index is 10.5. The van der Waals surface area contributed by atoms with Crippen LogP contribution >= 0.6 is 0 Å². The van der Waals surface area contributed by atoms with Crippen LogP contribution in [0.5, 0.6) is 0 Å². The molecular weight excluding hydrogens is 182 g/mol. The number of aromatic nitrogens is 2. The van der Waals surface area contributed by atoms with E-state index in [2.05, 4.69) is 22.4 Å². The van der Waals surface area contributed by atoms with Crippen molar-refractivity contribution in [3.63, 3.8) is 0 Å². The lowest BCUT2D eigenvalue weighted by Crippen LogP contribution is -2.08. The predicted octanol–water partition coefficient (Wildman–Crippen LogP) is 0.995. The number of aromatic carboxylic acids is 1. The van der Waals surface area contributed by atoms with Crippen LogP contribution in [-0.2, 0) is 0 Å². The van der Waals surface area contributed by atoms with Crippen LogP contribution in [0.15, 0.2) is 12.1 Å². The zero-order chi connectivity index (χ0) is 10.1. The summed E-state index contributed by atoms with van der Waals surface area (Å²) in [6, 6.07) is 3.56. The number of nitrogens with one attached hydrogen (secondary N) is 1. The average molecular weight is 193 g/mol. The highest BCUT2D eigenvalue weighted by atomic mass is 16.4. The van der Waals surface area contributed by atoms with Crippen molar-refractivity contribution in [2.45, 2.75) is 19.4 Å². The van der Waals surface area contributed by atoms with E-state index in [0.29, 0.717) is 17.8 Å². The predicted molar refractivity (Wildman–Crippen MR) is 50.2 cm³/mol. The summed E-state index contributed by atoms with van der Waals surface area (Å²) < 4.78 is 0. The lowest BCUT2D eigenvalue weighted by Gasteiger charge is -2.02. The summed E-state index contributed by atoms with van der Waals surface area (Å²) in [6.07, 6.45) is 1.14. The molecule has 0 aliphatic heterocycles. The topological polar surface area (TPSA) is 75.1 Å². The van der Waals surface area contributed by atoms with Crippen molar-refractivity contribution in [2.75, 3.05) is 5.32 Å². The fourth-order valence-corrected chi connectivity index (χ4v) is 1.24. The Morgan fingerprint density at radius 2 is 2.29 bits per heavy atom. The van der Waals surface area contributed by atoms with E-state index in [1.54, 1.807) is 6.07 Å². The molecule has 1 saturated carbocycles. The number of hydrogen-bond acceptors (Lipinski definition) is 4. The Balaban J connectivity index is 2.02. The highest BCUT2D eigenvalue weighted by Gasteiger charge is 2.32. The van der Waals surface area contributed by atoms with Gasteiger partial charge in [0.2, 0.25) is 0 Å². The van der Waals surface area contributed by atoms with E-state index in [1.165, 1.54) is 6.07 Å². The van der Waals surface area contributed by atoms with Gasteiger partial charge in [-0.3, -0.25) is 0 Å². The largest absolute Gasteiger partial charge is 0.476 e. The number of carboxylic acids is 1. The first-order valence-corrected chi connectivity index (χ1v) is 4.50. The van der Waals surface area contributed by atoms with Crippen molar-refractivity contribution in [3.8, 4) is 0 Å². The SMILES string of the molecule is CC1CC1Nc1ccc(C(=O)O)nn1. The number of anilines is 1. The molecule has 1 aromatic heterocycles. The first-order valence-electron chi connectivity index (χ1n) is 4.50. The second-order valence-electron chi connectivity index (χ2n) is 3.57. The van der Waals surface area contributed by atoms with Gasteiger partial charge in [-0.1, -0.05) is 6.92 Å². The molecule has 2 unspecified atom stereocenters. The van der Waals surface area contributed by atoms with E-state index < -0.39 is 5.97 Å². The molecule has 1 aliphatic carbocycles. The van der Waals surface area contributed by atoms with Gasteiger partial charge >= 0.3 is 5.97 Å². The minimum absolute atomic E-state index is 0.0283. The summed E-state index contributed by atoms with van der Waals surface area (Å²) in [6.45, 7) is 2.15. The Hall–Kier alpha value is -1.65. The smallest absolute Gasteiger partial charge is 0.356 e. The highest BCUT2D eigenvalue weighted by Crippen LogP contribution is 2.31. The Kier molecular flexibility index (Phi) is 2.07. The van der Waals surface area contributed by atoms with Crippen molar-refractivity contribution < 1.29 is 9.90 Å². The highest BCUT2D eigenvalue weighted by molar-refractivity contribution is 5.85. The van der Waals surface area contributed by atoms with Crippen molar-refractivity contribution in [1.82, 2.24) is 10.2 Å². The Labute approximate surface area is 81.2 Å². The van der Waals surface area contributed by atoms with Crippen molar-refractivity contribution >= 4 is 11.8 Å². The molecule has 1 aromatic rings. The maximum absolute atomic E-state index is 10.5. The van der Waals surface area contributed by atoms with Gasteiger partial charge in [0.25, 0.3) is 0 Å².